The second-order valence-electron chi connectivity index (χ2n) is 8.91. The van der Waals surface area contributed by atoms with Crippen LogP contribution in [0.25, 0.3) is 11.1 Å². The Kier molecular flexibility index (Phi) is 9.29. The van der Waals surface area contributed by atoms with Crippen LogP contribution in [0.2, 0.25) is 5.02 Å². The minimum Gasteiger partial charge on any atom is -0.456 e. The third-order valence-corrected chi connectivity index (χ3v) is 4.82. The molecule has 0 heterocycles. The van der Waals surface area contributed by atoms with Crippen LogP contribution in [-0.2, 0) is 25.5 Å². The molecular weight excluding hydrogens is 444 g/mol. The van der Waals surface area contributed by atoms with Gasteiger partial charge in [0.25, 0.3) is 5.91 Å². The summed E-state index contributed by atoms with van der Waals surface area (Å²) in [5.41, 5.74) is 2.23. The van der Waals surface area contributed by atoms with Crippen molar-refractivity contribution in [1.29, 1.82) is 0 Å². The van der Waals surface area contributed by atoms with E-state index in [1.807, 2.05) is 48.5 Å². The number of rotatable bonds is 8. The molecule has 0 aliphatic rings. The van der Waals surface area contributed by atoms with E-state index >= 15 is 0 Å². The van der Waals surface area contributed by atoms with Crippen molar-refractivity contribution in [2.75, 3.05) is 20.7 Å². The van der Waals surface area contributed by atoms with Crippen LogP contribution in [0, 0.1) is 0 Å². The molecule has 0 radical (unpaired) electrons. The van der Waals surface area contributed by atoms with Gasteiger partial charge in [-0.1, -0.05) is 48.0 Å². The number of likely N-dealkylation sites (N-methyl/N-ethyl adjacent to an activating group) is 1. The minimum absolute atomic E-state index is 0.101. The van der Waals surface area contributed by atoms with Crippen LogP contribution in [0.1, 0.15) is 32.8 Å². The lowest BCUT2D eigenvalue weighted by atomic mass is 9.99. The molecule has 2 aromatic rings. The highest BCUT2D eigenvalue weighted by Gasteiger charge is 2.23. The van der Waals surface area contributed by atoms with E-state index in [4.69, 9.17) is 21.1 Å². The third kappa shape index (κ3) is 9.53. The molecule has 2 aromatic carbocycles. The molecule has 1 atom stereocenters. The molecular formula is C25H31ClN2O5. The number of hydrogen-bond acceptors (Lipinski definition) is 5. The number of nitrogens with zero attached hydrogens (tertiary/aromatic N) is 1. The molecule has 0 aliphatic heterocycles. The van der Waals surface area contributed by atoms with Crippen LogP contribution in [0.3, 0.4) is 0 Å². The second kappa shape index (κ2) is 11.7. The lowest BCUT2D eigenvalue weighted by molar-refractivity contribution is -0.151. The maximum Gasteiger partial charge on any atom is 0.407 e. The monoisotopic (exact) mass is 474 g/mol. The molecule has 33 heavy (non-hydrogen) atoms. The molecule has 2 amide bonds. The van der Waals surface area contributed by atoms with Crippen LogP contribution in [0.15, 0.2) is 48.5 Å². The standard InChI is InChI=1S/C25H31ClN2O5/c1-25(2,3)33-24(31)27-21(15-23(30)32-16-22(29)28(4)5)13-17-9-11-18(12-10-17)19-7-6-8-20(26)14-19/h6-12,14,21H,13,15-16H2,1-5H3,(H,27,31)/t21-/m1/s1. The third-order valence-electron chi connectivity index (χ3n) is 4.58. The molecule has 0 fully saturated rings. The Morgan fingerprint density at radius 1 is 1.03 bits per heavy atom. The summed E-state index contributed by atoms with van der Waals surface area (Å²) in [4.78, 5) is 37.6. The van der Waals surface area contributed by atoms with Crippen molar-refractivity contribution >= 4 is 29.6 Å². The molecule has 0 saturated carbocycles. The Labute approximate surface area is 200 Å². The lowest BCUT2D eigenvalue weighted by Gasteiger charge is -2.23. The van der Waals surface area contributed by atoms with E-state index in [0.29, 0.717) is 11.4 Å². The van der Waals surface area contributed by atoms with E-state index in [1.165, 1.54) is 4.90 Å². The van der Waals surface area contributed by atoms with Gasteiger partial charge in [-0.15, -0.1) is 0 Å². The molecule has 178 valence electrons. The number of halogens is 1. The van der Waals surface area contributed by atoms with Crippen LogP contribution < -0.4 is 5.32 Å². The van der Waals surface area contributed by atoms with E-state index < -0.39 is 23.7 Å². The first kappa shape index (κ1) is 26.2. The Morgan fingerprint density at radius 3 is 2.27 bits per heavy atom. The Hall–Kier alpha value is -3.06. The molecule has 0 spiro atoms. The predicted octanol–water partition coefficient (Wildman–Crippen LogP) is 4.46. The SMILES string of the molecule is CN(C)C(=O)COC(=O)C[C@@H](Cc1ccc(-c2cccc(Cl)c2)cc1)NC(=O)OC(C)(C)C. The highest BCUT2D eigenvalue weighted by molar-refractivity contribution is 6.30. The normalized spacial score (nSPS) is 11.9. The summed E-state index contributed by atoms with van der Waals surface area (Å²) < 4.78 is 10.4. The largest absolute Gasteiger partial charge is 0.456 e. The number of carbonyl (C=O) groups excluding carboxylic acids is 3. The summed E-state index contributed by atoms with van der Waals surface area (Å²) in [6.45, 7) is 4.94. The topological polar surface area (TPSA) is 84.9 Å². The van der Waals surface area contributed by atoms with E-state index in [9.17, 15) is 14.4 Å². The molecule has 0 bridgehead atoms. The zero-order valence-electron chi connectivity index (χ0n) is 19.7. The fraction of sp³-hybridized carbons (Fsp3) is 0.400. The molecule has 2 rings (SSSR count). The van der Waals surface area contributed by atoms with Gasteiger partial charge in [-0.05, 0) is 56.0 Å². The van der Waals surface area contributed by atoms with Gasteiger partial charge in [0.15, 0.2) is 6.61 Å². The van der Waals surface area contributed by atoms with Gasteiger partial charge >= 0.3 is 12.1 Å². The van der Waals surface area contributed by atoms with Crippen molar-refractivity contribution in [1.82, 2.24) is 10.2 Å². The quantitative estimate of drug-likeness (QED) is 0.571. The van der Waals surface area contributed by atoms with Crippen molar-refractivity contribution < 1.29 is 23.9 Å². The van der Waals surface area contributed by atoms with Gasteiger partial charge in [0.05, 0.1) is 6.42 Å². The molecule has 0 saturated heterocycles. The molecule has 0 aromatic heterocycles. The van der Waals surface area contributed by atoms with E-state index in [2.05, 4.69) is 5.32 Å². The molecule has 0 aliphatic carbocycles. The van der Waals surface area contributed by atoms with E-state index in [-0.39, 0.29) is 18.9 Å². The zero-order chi connectivity index (χ0) is 24.6. The summed E-state index contributed by atoms with van der Waals surface area (Å²) in [5, 5.41) is 3.40. The minimum atomic E-state index is -0.675. The summed E-state index contributed by atoms with van der Waals surface area (Å²) in [5.74, 6) is -0.904. The van der Waals surface area contributed by atoms with Crippen molar-refractivity contribution in [2.24, 2.45) is 0 Å². The first-order valence-corrected chi connectivity index (χ1v) is 11.0. The summed E-state index contributed by atoms with van der Waals surface area (Å²) in [7, 11) is 3.16. The maximum absolute atomic E-state index is 12.3. The average Bonchev–Trinajstić information content (AvgIpc) is 2.71. The van der Waals surface area contributed by atoms with Crippen LogP contribution in [0.4, 0.5) is 4.79 Å². The number of hydrogen-bond donors (Lipinski definition) is 1. The maximum atomic E-state index is 12.3. The van der Waals surface area contributed by atoms with Gasteiger partial charge in [-0.3, -0.25) is 9.59 Å². The van der Waals surface area contributed by atoms with Gasteiger partial charge in [0, 0.05) is 25.2 Å². The fourth-order valence-corrected chi connectivity index (χ4v) is 3.16. The first-order valence-electron chi connectivity index (χ1n) is 10.6. The number of esters is 1. The number of alkyl carbamates (subject to hydrolysis) is 1. The Balaban J connectivity index is 2.09. The van der Waals surface area contributed by atoms with Gasteiger partial charge in [-0.2, -0.15) is 0 Å². The number of ether oxygens (including phenoxy) is 2. The lowest BCUT2D eigenvalue weighted by Crippen LogP contribution is -2.41. The smallest absolute Gasteiger partial charge is 0.407 e. The van der Waals surface area contributed by atoms with Gasteiger partial charge < -0.3 is 19.7 Å². The van der Waals surface area contributed by atoms with Crippen LogP contribution >= 0.6 is 11.6 Å². The fourth-order valence-electron chi connectivity index (χ4n) is 2.97. The molecule has 0 unspecified atom stereocenters. The zero-order valence-corrected chi connectivity index (χ0v) is 20.4. The average molecular weight is 475 g/mol. The first-order chi connectivity index (χ1) is 15.4. The van der Waals surface area contributed by atoms with Crippen molar-refractivity contribution in [3.8, 4) is 11.1 Å². The summed E-state index contributed by atoms with van der Waals surface area (Å²) >= 11 is 6.08. The predicted molar refractivity (Wildman–Crippen MR) is 128 cm³/mol. The van der Waals surface area contributed by atoms with Gasteiger partial charge in [0.1, 0.15) is 5.60 Å². The number of amides is 2. The molecule has 1 N–H and O–H groups in total. The molecule has 8 heteroatoms. The Morgan fingerprint density at radius 2 is 1.70 bits per heavy atom. The summed E-state index contributed by atoms with van der Waals surface area (Å²) in [6, 6.07) is 14.8. The highest BCUT2D eigenvalue weighted by Crippen LogP contribution is 2.23. The summed E-state index contributed by atoms with van der Waals surface area (Å²) in [6.07, 6.45) is -0.345. The number of benzene rings is 2. The second-order valence-corrected chi connectivity index (χ2v) is 9.34. The number of nitrogens with one attached hydrogen (secondary N) is 1. The van der Waals surface area contributed by atoms with Crippen molar-refractivity contribution in [2.45, 2.75) is 45.3 Å². The van der Waals surface area contributed by atoms with Crippen molar-refractivity contribution in [3.63, 3.8) is 0 Å². The van der Waals surface area contributed by atoms with Crippen molar-refractivity contribution in [3.05, 3.63) is 59.1 Å². The Bertz CT molecular complexity index is 968. The van der Waals surface area contributed by atoms with Crippen LogP contribution in [-0.4, -0.2) is 55.2 Å². The molecule has 7 nitrogen and oxygen atoms in total. The highest BCUT2D eigenvalue weighted by atomic mass is 35.5. The van der Waals surface area contributed by atoms with Gasteiger partial charge in [0.2, 0.25) is 0 Å². The van der Waals surface area contributed by atoms with Crippen LogP contribution in [0.5, 0.6) is 0 Å². The number of carbonyl (C=O) groups is 3. The van der Waals surface area contributed by atoms with E-state index in [0.717, 1.165) is 16.7 Å². The van der Waals surface area contributed by atoms with E-state index in [1.54, 1.807) is 34.9 Å². The van der Waals surface area contributed by atoms with Gasteiger partial charge in [-0.25, -0.2) is 4.79 Å².